The lowest BCUT2D eigenvalue weighted by Gasteiger charge is -2.07. The number of halogens is 1. The quantitative estimate of drug-likeness (QED) is 0.391. The summed E-state index contributed by atoms with van der Waals surface area (Å²) in [5.41, 5.74) is 4.89. The van der Waals surface area contributed by atoms with Crippen LogP contribution in [0.25, 0.3) is 22.6 Å². The predicted octanol–water partition coefficient (Wildman–Crippen LogP) is 6.63. The van der Waals surface area contributed by atoms with Crippen molar-refractivity contribution in [3.8, 4) is 11.5 Å². The third-order valence-corrected chi connectivity index (χ3v) is 5.26. The number of anilines is 1. The first-order valence-corrected chi connectivity index (χ1v) is 9.87. The Kier molecular flexibility index (Phi) is 5.01. The molecule has 0 unspecified atom stereocenters. The Morgan fingerprint density at radius 2 is 1.86 bits per heavy atom. The number of amides is 1. The molecule has 0 saturated carbocycles. The Hall–Kier alpha value is -2.92. The van der Waals surface area contributed by atoms with Crippen molar-refractivity contribution >= 4 is 38.6 Å². The first-order chi connectivity index (χ1) is 13.5. The Morgan fingerprint density at radius 3 is 2.64 bits per heavy atom. The number of oxazole rings is 1. The number of fused-ring (bicyclic) bond motifs is 1. The van der Waals surface area contributed by atoms with Gasteiger partial charge < -0.3 is 9.73 Å². The van der Waals surface area contributed by atoms with Crippen LogP contribution >= 0.6 is 15.9 Å². The number of rotatable bonds is 4. The van der Waals surface area contributed by atoms with E-state index in [2.05, 4.69) is 52.2 Å². The highest BCUT2D eigenvalue weighted by Gasteiger charge is 2.13. The maximum absolute atomic E-state index is 12.5. The normalized spacial score (nSPS) is 11.1. The molecule has 1 heterocycles. The number of carbonyl (C=O) groups is 1. The highest BCUT2D eigenvalue weighted by atomic mass is 79.9. The zero-order chi connectivity index (χ0) is 19.7. The van der Waals surface area contributed by atoms with Gasteiger partial charge in [-0.1, -0.05) is 38.1 Å². The number of hydrogen-bond donors (Lipinski definition) is 1. The molecular formula is C23H19BrN2O2. The van der Waals surface area contributed by atoms with Crippen LogP contribution in [-0.4, -0.2) is 10.9 Å². The molecule has 140 valence electrons. The molecule has 5 heteroatoms. The van der Waals surface area contributed by atoms with Gasteiger partial charge in [0.1, 0.15) is 5.52 Å². The zero-order valence-electron chi connectivity index (χ0n) is 15.6. The van der Waals surface area contributed by atoms with Crippen molar-refractivity contribution in [3.63, 3.8) is 0 Å². The number of hydrogen-bond acceptors (Lipinski definition) is 3. The second-order valence-corrected chi connectivity index (χ2v) is 7.77. The second kappa shape index (κ2) is 7.60. The van der Waals surface area contributed by atoms with Gasteiger partial charge in [-0.05, 0) is 69.9 Å². The fourth-order valence-electron chi connectivity index (χ4n) is 3.00. The highest BCUT2D eigenvalue weighted by molar-refractivity contribution is 9.10. The minimum Gasteiger partial charge on any atom is -0.436 e. The Balaban J connectivity index is 1.63. The average molecular weight is 435 g/mol. The fraction of sp³-hybridized carbons (Fsp3) is 0.130. The number of benzene rings is 3. The molecule has 28 heavy (non-hydrogen) atoms. The molecule has 0 atom stereocenters. The van der Waals surface area contributed by atoms with Crippen LogP contribution in [0.2, 0.25) is 0 Å². The fourth-order valence-corrected chi connectivity index (χ4v) is 3.47. The van der Waals surface area contributed by atoms with Gasteiger partial charge in [0.15, 0.2) is 5.58 Å². The van der Waals surface area contributed by atoms with E-state index in [-0.39, 0.29) is 5.91 Å². The minimum atomic E-state index is -0.177. The summed E-state index contributed by atoms with van der Waals surface area (Å²) in [4.78, 5) is 17.2. The molecule has 0 bridgehead atoms. The molecule has 1 amide bonds. The number of nitrogens with zero attached hydrogens (tertiary/aromatic N) is 1. The Morgan fingerprint density at radius 1 is 1.04 bits per heavy atom. The van der Waals surface area contributed by atoms with E-state index < -0.39 is 0 Å². The molecule has 1 aromatic heterocycles. The van der Waals surface area contributed by atoms with Crippen molar-refractivity contribution in [2.75, 3.05) is 5.32 Å². The third kappa shape index (κ3) is 3.71. The third-order valence-electron chi connectivity index (χ3n) is 4.56. The molecule has 3 aromatic carbocycles. The smallest absolute Gasteiger partial charge is 0.256 e. The van der Waals surface area contributed by atoms with Crippen molar-refractivity contribution in [1.82, 2.24) is 4.98 Å². The Bertz CT molecular complexity index is 1160. The van der Waals surface area contributed by atoms with E-state index in [1.54, 1.807) is 6.07 Å². The van der Waals surface area contributed by atoms with Crippen LogP contribution in [0.4, 0.5) is 5.69 Å². The molecule has 0 saturated heterocycles. The van der Waals surface area contributed by atoms with E-state index in [0.717, 1.165) is 21.1 Å². The van der Waals surface area contributed by atoms with Gasteiger partial charge in [0.2, 0.25) is 5.89 Å². The first kappa shape index (κ1) is 18.4. The lowest BCUT2D eigenvalue weighted by molar-refractivity contribution is 0.102. The van der Waals surface area contributed by atoms with Crippen LogP contribution in [0, 0.1) is 0 Å². The summed E-state index contributed by atoms with van der Waals surface area (Å²) < 4.78 is 6.67. The van der Waals surface area contributed by atoms with Crippen LogP contribution in [0.15, 0.2) is 75.6 Å². The molecular weight excluding hydrogens is 416 g/mol. The van der Waals surface area contributed by atoms with Crippen LogP contribution < -0.4 is 5.32 Å². The predicted molar refractivity (Wildman–Crippen MR) is 116 cm³/mol. The first-order valence-electron chi connectivity index (χ1n) is 9.08. The van der Waals surface area contributed by atoms with Gasteiger partial charge in [-0.15, -0.1) is 0 Å². The van der Waals surface area contributed by atoms with E-state index >= 15 is 0 Å². The van der Waals surface area contributed by atoms with Crippen molar-refractivity contribution < 1.29 is 9.21 Å². The van der Waals surface area contributed by atoms with E-state index in [4.69, 9.17) is 4.42 Å². The van der Waals surface area contributed by atoms with Crippen LogP contribution in [0.3, 0.4) is 0 Å². The maximum Gasteiger partial charge on any atom is 0.256 e. The highest BCUT2D eigenvalue weighted by Crippen LogP contribution is 2.28. The Labute approximate surface area is 171 Å². The SMILES string of the molecule is CC(C)c1ccc2oc(-c3cccc(NC(=O)c4ccccc4Br)c3)nc2c1. The molecule has 4 nitrogen and oxygen atoms in total. The van der Waals surface area contributed by atoms with Crippen molar-refractivity contribution in [1.29, 1.82) is 0 Å². The second-order valence-electron chi connectivity index (χ2n) is 6.92. The summed E-state index contributed by atoms with van der Waals surface area (Å²) in [5, 5.41) is 2.93. The molecule has 0 aliphatic heterocycles. The standard InChI is InChI=1S/C23H19BrN2O2/c1-14(2)15-10-11-21-20(13-15)26-23(28-21)16-6-5-7-17(12-16)25-22(27)18-8-3-4-9-19(18)24/h3-14H,1-2H3,(H,25,27). The van der Waals surface area contributed by atoms with E-state index in [9.17, 15) is 4.79 Å². The van der Waals surface area contributed by atoms with Gasteiger partial charge in [-0.2, -0.15) is 0 Å². The lowest BCUT2D eigenvalue weighted by atomic mass is 10.0. The monoisotopic (exact) mass is 434 g/mol. The van der Waals surface area contributed by atoms with Gasteiger partial charge in [-0.25, -0.2) is 4.98 Å². The van der Waals surface area contributed by atoms with Gasteiger partial charge in [0.05, 0.1) is 5.56 Å². The molecule has 1 N–H and O–H groups in total. The lowest BCUT2D eigenvalue weighted by Crippen LogP contribution is -2.12. The summed E-state index contributed by atoms with van der Waals surface area (Å²) in [6.07, 6.45) is 0. The van der Waals surface area contributed by atoms with Crippen molar-refractivity contribution in [2.24, 2.45) is 0 Å². The number of nitrogens with one attached hydrogen (secondary N) is 1. The summed E-state index contributed by atoms with van der Waals surface area (Å²) >= 11 is 3.41. The molecule has 0 fully saturated rings. The van der Waals surface area contributed by atoms with Crippen LogP contribution in [0.5, 0.6) is 0 Å². The van der Waals surface area contributed by atoms with E-state index in [1.807, 2.05) is 48.5 Å². The molecule has 0 aliphatic carbocycles. The molecule has 0 radical (unpaired) electrons. The van der Waals surface area contributed by atoms with Crippen LogP contribution in [0.1, 0.15) is 35.7 Å². The van der Waals surface area contributed by atoms with Crippen molar-refractivity contribution in [2.45, 2.75) is 19.8 Å². The van der Waals surface area contributed by atoms with Crippen molar-refractivity contribution in [3.05, 3.63) is 82.3 Å². The molecule has 0 aliphatic rings. The largest absolute Gasteiger partial charge is 0.436 e. The number of carbonyl (C=O) groups excluding carboxylic acids is 1. The summed E-state index contributed by atoms with van der Waals surface area (Å²) in [5.74, 6) is 0.789. The van der Waals surface area contributed by atoms with Gasteiger partial charge >= 0.3 is 0 Å². The average Bonchev–Trinajstić information content (AvgIpc) is 3.12. The minimum absolute atomic E-state index is 0.177. The van der Waals surface area contributed by atoms with E-state index in [1.165, 1.54) is 5.56 Å². The summed E-state index contributed by atoms with van der Waals surface area (Å²) in [6, 6.07) is 20.9. The molecule has 4 rings (SSSR count). The summed E-state index contributed by atoms with van der Waals surface area (Å²) in [6.45, 7) is 4.30. The van der Waals surface area contributed by atoms with Gasteiger partial charge in [0, 0.05) is 15.7 Å². The van der Waals surface area contributed by atoms with E-state index in [0.29, 0.717) is 23.1 Å². The zero-order valence-corrected chi connectivity index (χ0v) is 17.2. The topological polar surface area (TPSA) is 55.1 Å². The maximum atomic E-state index is 12.5. The van der Waals surface area contributed by atoms with Gasteiger partial charge in [0.25, 0.3) is 5.91 Å². The number of aromatic nitrogens is 1. The molecule has 0 spiro atoms. The molecule has 4 aromatic rings. The van der Waals surface area contributed by atoms with Crippen LogP contribution in [-0.2, 0) is 0 Å². The summed E-state index contributed by atoms with van der Waals surface area (Å²) in [7, 11) is 0. The van der Waals surface area contributed by atoms with Gasteiger partial charge in [-0.3, -0.25) is 4.79 Å².